The molecule has 5 heteroatoms. The molecule has 2 N–H and O–H groups in total. The van der Waals surface area contributed by atoms with Crippen molar-refractivity contribution in [1.29, 1.82) is 0 Å². The van der Waals surface area contributed by atoms with Crippen LogP contribution in [0, 0.1) is 11.3 Å². The fourth-order valence-electron chi connectivity index (χ4n) is 2.94. The predicted octanol–water partition coefficient (Wildman–Crippen LogP) is 2.24. The van der Waals surface area contributed by atoms with Crippen LogP contribution in [0.3, 0.4) is 0 Å². The molecular weight excluding hydrogens is 221 g/mol. The number of hydrogen-bond donors (Lipinski definition) is 2. The van der Waals surface area contributed by atoms with Gasteiger partial charge in [0, 0.05) is 5.41 Å². The van der Waals surface area contributed by atoms with E-state index in [1.165, 1.54) is 0 Å². The third-order valence-corrected chi connectivity index (χ3v) is 4.33. The maximum Gasteiger partial charge on any atom is 0.391 e. The van der Waals surface area contributed by atoms with Crippen LogP contribution in [-0.2, 0) is 0 Å². The van der Waals surface area contributed by atoms with Gasteiger partial charge in [0.05, 0.1) is 18.1 Å². The van der Waals surface area contributed by atoms with Crippen molar-refractivity contribution in [3.05, 3.63) is 0 Å². The van der Waals surface area contributed by atoms with Crippen molar-refractivity contribution in [2.75, 3.05) is 6.61 Å². The van der Waals surface area contributed by atoms with Crippen LogP contribution < -0.4 is 0 Å². The van der Waals surface area contributed by atoms with Gasteiger partial charge in [0.2, 0.25) is 0 Å². The summed E-state index contributed by atoms with van der Waals surface area (Å²) in [5.41, 5.74) is -1.95. The maximum atomic E-state index is 12.6. The van der Waals surface area contributed by atoms with Crippen molar-refractivity contribution in [2.45, 2.75) is 50.3 Å². The van der Waals surface area contributed by atoms with Crippen LogP contribution >= 0.6 is 0 Å². The SMILES string of the molecule is OCC1(C2(O)CCCC(C(F)(F)F)C2)CC1. The van der Waals surface area contributed by atoms with Gasteiger partial charge in [-0.25, -0.2) is 0 Å². The first-order valence-electron chi connectivity index (χ1n) is 5.73. The summed E-state index contributed by atoms with van der Waals surface area (Å²) in [4.78, 5) is 0. The van der Waals surface area contributed by atoms with Crippen molar-refractivity contribution < 1.29 is 23.4 Å². The first-order chi connectivity index (χ1) is 7.33. The van der Waals surface area contributed by atoms with Gasteiger partial charge in [0.25, 0.3) is 0 Å². The molecule has 2 fully saturated rings. The summed E-state index contributed by atoms with van der Waals surface area (Å²) < 4.78 is 37.9. The number of rotatable bonds is 2. The Hall–Kier alpha value is -0.290. The second-order valence-electron chi connectivity index (χ2n) is 5.30. The minimum atomic E-state index is -4.22. The van der Waals surface area contributed by atoms with E-state index in [2.05, 4.69) is 0 Å². The molecule has 94 valence electrons. The van der Waals surface area contributed by atoms with Crippen molar-refractivity contribution in [2.24, 2.45) is 11.3 Å². The molecule has 0 spiro atoms. The van der Waals surface area contributed by atoms with Gasteiger partial charge in [-0.05, 0) is 38.5 Å². The molecule has 2 unspecified atom stereocenters. The third-order valence-electron chi connectivity index (χ3n) is 4.33. The molecule has 0 bridgehead atoms. The van der Waals surface area contributed by atoms with E-state index >= 15 is 0 Å². The van der Waals surface area contributed by atoms with Crippen LogP contribution in [0.1, 0.15) is 38.5 Å². The van der Waals surface area contributed by atoms with Gasteiger partial charge in [-0.15, -0.1) is 0 Å². The molecular formula is C11H17F3O2. The van der Waals surface area contributed by atoms with Gasteiger partial charge >= 0.3 is 6.18 Å². The monoisotopic (exact) mass is 238 g/mol. The van der Waals surface area contributed by atoms with Crippen LogP contribution in [0.4, 0.5) is 13.2 Å². The zero-order valence-corrected chi connectivity index (χ0v) is 9.06. The minimum absolute atomic E-state index is 0.104. The lowest BCUT2D eigenvalue weighted by molar-refractivity contribution is -0.211. The number of aliphatic hydroxyl groups excluding tert-OH is 1. The van der Waals surface area contributed by atoms with Gasteiger partial charge in [-0.2, -0.15) is 13.2 Å². The Kier molecular flexibility index (Phi) is 2.74. The zero-order chi connectivity index (χ0) is 12.0. The second kappa shape index (κ2) is 3.60. The Morgan fingerprint density at radius 1 is 1.19 bits per heavy atom. The Balaban J connectivity index is 2.12. The molecule has 2 aliphatic rings. The van der Waals surface area contributed by atoms with E-state index in [4.69, 9.17) is 0 Å². The Labute approximate surface area is 92.5 Å². The summed E-state index contributed by atoms with van der Waals surface area (Å²) in [6.07, 6.45) is -2.29. The highest BCUT2D eigenvalue weighted by atomic mass is 19.4. The van der Waals surface area contributed by atoms with Crippen molar-refractivity contribution in [1.82, 2.24) is 0 Å². The molecule has 2 atom stereocenters. The summed E-state index contributed by atoms with van der Waals surface area (Å²) in [7, 11) is 0. The third kappa shape index (κ3) is 1.84. The van der Waals surface area contributed by atoms with E-state index in [1.807, 2.05) is 0 Å². The highest BCUT2D eigenvalue weighted by Crippen LogP contribution is 2.60. The zero-order valence-electron chi connectivity index (χ0n) is 9.06. The first-order valence-corrected chi connectivity index (χ1v) is 5.73. The number of alkyl halides is 3. The molecule has 2 nitrogen and oxygen atoms in total. The smallest absolute Gasteiger partial charge is 0.391 e. The van der Waals surface area contributed by atoms with E-state index in [0.29, 0.717) is 25.7 Å². The molecule has 2 rings (SSSR count). The van der Waals surface area contributed by atoms with E-state index in [0.717, 1.165) is 0 Å². The first kappa shape index (κ1) is 12.2. The Morgan fingerprint density at radius 3 is 2.25 bits per heavy atom. The maximum absolute atomic E-state index is 12.6. The van der Waals surface area contributed by atoms with Gasteiger partial charge < -0.3 is 10.2 Å². The largest absolute Gasteiger partial charge is 0.396 e. The molecule has 0 saturated heterocycles. The van der Waals surface area contributed by atoms with E-state index in [1.54, 1.807) is 0 Å². The Morgan fingerprint density at radius 2 is 1.81 bits per heavy atom. The average molecular weight is 238 g/mol. The molecule has 0 aromatic rings. The van der Waals surface area contributed by atoms with Crippen molar-refractivity contribution >= 4 is 0 Å². The lowest BCUT2D eigenvalue weighted by atomic mass is 9.69. The Bertz CT molecular complexity index is 273. The van der Waals surface area contributed by atoms with Gasteiger partial charge in [0.1, 0.15) is 0 Å². The predicted molar refractivity (Wildman–Crippen MR) is 51.7 cm³/mol. The molecule has 0 amide bonds. The quantitative estimate of drug-likeness (QED) is 0.774. The van der Waals surface area contributed by atoms with Crippen LogP contribution in [-0.4, -0.2) is 28.6 Å². The molecule has 0 aromatic heterocycles. The van der Waals surface area contributed by atoms with Crippen molar-refractivity contribution in [3.8, 4) is 0 Å². The topological polar surface area (TPSA) is 40.5 Å². The van der Waals surface area contributed by atoms with Crippen molar-refractivity contribution in [3.63, 3.8) is 0 Å². The van der Waals surface area contributed by atoms with Crippen LogP contribution in [0.2, 0.25) is 0 Å². The molecule has 16 heavy (non-hydrogen) atoms. The summed E-state index contributed by atoms with van der Waals surface area (Å²) in [5, 5.41) is 19.6. The average Bonchev–Trinajstić information content (AvgIpc) is 2.97. The standard InChI is InChI=1S/C11H17F3O2/c12-11(13,14)8-2-1-3-10(16,6-8)9(7-15)4-5-9/h8,15-16H,1-7H2. The normalized spacial score (nSPS) is 38.4. The molecule has 0 radical (unpaired) electrons. The van der Waals surface area contributed by atoms with Crippen LogP contribution in [0.5, 0.6) is 0 Å². The van der Waals surface area contributed by atoms with Crippen LogP contribution in [0.25, 0.3) is 0 Å². The van der Waals surface area contributed by atoms with Crippen LogP contribution in [0.15, 0.2) is 0 Å². The number of halogens is 3. The fraction of sp³-hybridized carbons (Fsp3) is 1.00. The minimum Gasteiger partial charge on any atom is -0.396 e. The fourth-order valence-corrected chi connectivity index (χ4v) is 2.94. The molecule has 0 heterocycles. The number of aliphatic hydroxyl groups is 2. The second-order valence-corrected chi connectivity index (χ2v) is 5.30. The van der Waals surface area contributed by atoms with Gasteiger partial charge in [-0.1, -0.05) is 0 Å². The van der Waals surface area contributed by atoms with Gasteiger partial charge in [-0.3, -0.25) is 0 Å². The summed E-state index contributed by atoms with van der Waals surface area (Å²) in [5.74, 6) is -1.41. The van der Waals surface area contributed by atoms with E-state index < -0.39 is 23.1 Å². The summed E-state index contributed by atoms with van der Waals surface area (Å²) >= 11 is 0. The number of hydrogen-bond acceptors (Lipinski definition) is 2. The molecule has 0 aromatic carbocycles. The molecule has 2 saturated carbocycles. The highest BCUT2D eigenvalue weighted by Gasteiger charge is 2.61. The summed E-state index contributed by atoms with van der Waals surface area (Å²) in [6, 6.07) is 0. The summed E-state index contributed by atoms with van der Waals surface area (Å²) in [6.45, 7) is -0.200. The van der Waals surface area contributed by atoms with E-state index in [9.17, 15) is 23.4 Å². The van der Waals surface area contributed by atoms with E-state index in [-0.39, 0.29) is 19.4 Å². The lowest BCUT2D eigenvalue weighted by Gasteiger charge is -2.42. The molecule has 2 aliphatic carbocycles. The lowest BCUT2D eigenvalue weighted by Crippen LogP contribution is -2.48. The van der Waals surface area contributed by atoms with Gasteiger partial charge in [0.15, 0.2) is 0 Å². The highest BCUT2D eigenvalue weighted by molar-refractivity contribution is 5.10. The molecule has 0 aliphatic heterocycles.